The molecule has 2 fully saturated rings. The van der Waals surface area contributed by atoms with Crippen molar-refractivity contribution in [2.45, 2.75) is 72.1 Å². The number of primary amides is 1. The van der Waals surface area contributed by atoms with Crippen LogP contribution in [-0.2, 0) is 4.79 Å². The van der Waals surface area contributed by atoms with Crippen molar-refractivity contribution in [2.75, 3.05) is 6.67 Å². The van der Waals surface area contributed by atoms with Crippen LogP contribution in [0.25, 0.3) is 0 Å². The molecule has 0 spiro atoms. The normalized spacial score (nSPS) is 21.5. The predicted molar refractivity (Wildman–Crippen MR) is 77.5 cm³/mol. The van der Waals surface area contributed by atoms with Crippen LogP contribution in [0.15, 0.2) is 0 Å². The molecule has 0 aliphatic heterocycles. The predicted octanol–water partition coefficient (Wildman–Crippen LogP) is 4.22. The zero-order valence-corrected chi connectivity index (χ0v) is 12.8. The Morgan fingerprint density at radius 2 is 1.74 bits per heavy atom. The maximum atomic E-state index is 12.0. The van der Waals surface area contributed by atoms with Crippen LogP contribution >= 0.6 is 0 Å². The van der Waals surface area contributed by atoms with Crippen LogP contribution in [0, 0.1) is 16.7 Å². The van der Waals surface area contributed by atoms with Gasteiger partial charge >= 0.3 is 0 Å². The quantitative estimate of drug-likeness (QED) is 0.740. The van der Waals surface area contributed by atoms with E-state index in [1.807, 2.05) is 0 Å². The molecule has 0 unspecified atom stereocenters. The van der Waals surface area contributed by atoms with Crippen molar-refractivity contribution >= 4 is 5.91 Å². The molecule has 2 aliphatic rings. The van der Waals surface area contributed by atoms with Crippen molar-refractivity contribution in [3.63, 3.8) is 0 Å². The van der Waals surface area contributed by atoms with Gasteiger partial charge in [0.15, 0.2) is 0 Å². The average molecular weight is 271 g/mol. The number of rotatable bonds is 7. The van der Waals surface area contributed by atoms with Gasteiger partial charge in [-0.15, -0.1) is 0 Å². The number of carbonyl (C=O) groups excluding carboxylic acids is 1. The highest BCUT2D eigenvalue weighted by Gasteiger charge is 2.43. The third-order valence-electron chi connectivity index (χ3n) is 4.37. The molecule has 2 rings (SSSR count). The summed E-state index contributed by atoms with van der Waals surface area (Å²) in [5.41, 5.74) is 5.65. The lowest BCUT2D eigenvalue weighted by Crippen LogP contribution is -2.18. The van der Waals surface area contributed by atoms with Crippen molar-refractivity contribution in [3.8, 4) is 0 Å². The number of amides is 1. The first-order valence-electron chi connectivity index (χ1n) is 7.71. The Bertz CT molecular complexity index is 293. The topological polar surface area (TPSA) is 43.1 Å². The molecule has 0 saturated heterocycles. The highest BCUT2D eigenvalue weighted by Crippen LogP contribution is 2.53. The number of alkyl halides is 1. The molecule has 0 aromatic rings. The first-order chi connectivity index (χ1) is 8.87. The van der Waals surface area contributed by atoms with E-state index in [1.54, 1.807) is 0 Å². The Morgan fingerprint density at radius 3 is 1.95 bits per heavy atom. The Morgan fingerprint density at radius 1 is 1.21 bits per heavy atom. The summed E-state index contributed by atoms with van der Waals surface area (Å²) in [6.07, 6.45) is 8.69. The minimum absolute atomic E-state index is 0.0825. The van der Waals surface area contributed by atoms with Gasteiger partial charge in [-0.3, -0.25) is 9.18 Å². The molecule has 1 amide bonds. The maximum absolute atomic E-state index is 12.0. The van der Waals surface area contributed by atoms with E-state index in [2.05, 4.69) is 20.8 Å². The van der Waals surface area contributed by atoms with Crippen LogP contribution in [0.3, 0.4) is 0 Å². The Hall–Kier alpha value is -0.600. The van der Waals surface area contributed by atoms with Crippen molar-refractivity contribution in [3.05, 3.63) is 0 Å². The summed E-state index contributed by atoms with van der Waals surface area (Å²) in [5.74, 6) is 0.556. The second-order valence-corrected chi connectivity index (χ2v) is 7.12. The highest BCUT2D eigenvalue weighted by molar-refractivity contribution is 5.75. The molecule has 19 heavy (non-hydrogen) atoms. The summed E-state index contributed by atoms with van der Waals surface area (Å²) in [6.45, 7) is 6.43. The molecular formula is C16H30FNO. The molecule has 0 bridgehead atoms. The molecule has 0 aromatic heterocycles. The van der Waals surface area contributed by atoms with Gasteiger partial charge in [-0.1, -0.05) is 27.2 Å². The maximum Gasteiger partial charge on any atom is 0.217 e. The summed E-state index contributed by atoms with van der Waals surface area (Å²) in [7, 11) is 0. The van der Waals surface area contributed by atoms with Crippen molar-refractivity contribution in [2.24, 2.45) is 22.5 Å². The zero-order chi connectivity index (χ0) is 14.5. The largest absolute Gasteiger partial charge is 0.370 e. The Kier molecular flexibility index (Phi) is 5.82. The lowest BCUT2D eigenvalue weighted by Gasteiger charge is -2.14. The van der Waals surface area contributed by atoms with E-state index >= 15 is 0 Å². The first-order valence-corrected chi connectivity index (χ1v) is 7.71. The second-order valence-electron chi connectivity index (χ2n) is 7.12. The lowest BCUT2D eigenvalue weighted by atomic mass is 9.91. The van der Waals surface area contributed by atoms with Crippen LogP contribution in [0.1, 0.15) is 72.1 Å². The first kappa shape index (κ1) is 16.5. The third-order valence-corrected chi connectivity index (χ3v) is 4.37. The molecule has 2 nitrogen and oxygen atoms in total. The van der Waals surface area contributed by atoms with E-state index in [0.717, 1.165) is 32.1 Å². The smallest absolute Gasteiger partial charge is 0.217 e. The standard InChI is InChI=1S/C9H17NO.C7H13F/c1-7(2)5-9(3-4-9)6-8(10)11;1-2-3-7(6-8)4-5-7/h7H,3-6H2,1-2H3,(H2,10,11);2-6H2,1H3. The Balaban J connectivity index is 0.000000200. The van der Waals surface area contributed by atoms with Crippen LogP contribution in [0.2, 0.25) is 0 Å². The number of halogens is 1. The second kappa shape index (κ2) is 6.71. The van der Waals surface area contributed by atoms with E-state index in [4.69, 9.17) is 5.73 Å². The van der Waals surface area contributed by atoms with Gasteiger partial charge < -0.3 is 5.73 Å². The molecule has 112 valence electrons. The third kappa shape index (κ3) is 5.92. The molecule has 3 heteroatoms. The van der Waals surface area contributed by atoms with E-state index in [-0.39, 0.29) is 18.0 Å². The molecule has 0 heterocycles. The van der Waals surface area contributed by atoms with E-state index in [9.17, 15) is 9.18 Å². The molecular weight excluding hydrogens is 241 g/mol. The fourth-order valence-corrected chi connectivity index (χ4v) is 3.02. The van der Waals surface area contributed by atoms with E-state index in [0.29, 0.717) is 17.8 Å². The molecule has 0 radical (unpaired) electrons. The zero-order valence-electron chi connectivity index (χ0n) is 12.8. The molecule has 2 aliphatic carbocycles. The van der Waals surface area contributed by atoms with Crippen LogP contribution in [0.5, 0.6) is 0 Å². The van der Waals surface area contributed by atoms with Gasteiger partial charge in [0.2, 0.25) is 5.91 Å². The van der Waals surface area contributed by atoms with Crippen LogP contribution in [-0.4, -0.2) is 12.6 Å². The van der Waals surface area contributed by atoms with E-state index in [1.165, 1.54) is 12.8 Å². The van der Waals surface area contributed by atoms with Gasteiger partial charge in [0.1, 0.15) is 0 Å². The molecule has 2 saturated carbocycles. The van der Waals surface area contributed by atoms with Crippen molar-refractivity contribution in [1.82, 2.24) is 0 Å². The highest BCUT2D eigenvalue weighted by atomic mass is 19.1. The molecule has 0 aromatic carbocycles. The Labute approximate surface area is 117 Å². The van der Waals surface area contributed by atoms with Crippen LogP contribution in [0.4, 0.5) is 4.39 Å². The van der Waals surface area contributed by atoms with Gasteiger partial charge in [-0.05, 0) is 55.3 Å². The summed E-state index contributed by atoms with van der Waals surface area (Å²) in [6, 6.07) is 0. The van der Waals surface area contributed by atoms with Crippen molar-refractivity contribution < 1.29 is 9.18 Å². The van der Waals surface area contributed by atoms with Crippen molar-refractivity contribution in [1.29, 1.82) is 0 Å². The lowest BCUT2D eigenvalue weighted by molar-refractivity contribution is -0.119. The number of hydrogen-bond donors (Lipinski definition) is 1. The van der Waals surface area contributed by atoms with Gasteiger partial charge in [-0.2, -0.15) is 0 Å². The number of hydrogen-bond acceptors (Lipinski definition) is 1. The average Bonchev–Trinajstić information content (AvgIpc) is 3.18. The molecule has 2 N–H and O–H groups in total. The SMILES string of the molecule is CC(C)CC1(CC(N)=O)CC1.CCCC1(CF)CC1. The minimum Gasteiger partial charge on any atom is -0.370 e. The fourth-order valence-electron chi connectivity index (χ4n) is 3.02. The number of nitrogens with two attached hydrogens (primary N) is 1. The van der Waals surface area contributed by atoms with Gasteiger partial charge in [0, 0.05) is 6.42 Å². The van der Waals surface area contributed by atoms with Gasteiger partial charge in [-0.25, -0.2) is 0 Å². The summed E-state index contributed by atoms with van der Waals surface area (Å²) in [4.78, 5) is 10.7. The summed E-state index contributed by atoms with van der Waals surface area (Å²) < 4.78 is 12.0. The summed E-state index contributed by atoms with van der Waals surface area (Å²) >= 11 is 0. The number of carbonyl (C=O) groups is 1. The minimum atomic E-state index is -0.136. The van der Waals surface area contributed by atoms with E-state index < -0.39 is 0 Å². The van der Waals surface area contributed by atoms with Crippen LogP contribution < -0.4 is 5.73 Å². The molecule has 0 atom stereocenters. The fraction of sp³-hybridized carbons (Fsp3) is 0.938. The van der Waals surface area contributed by atoms with Gasteiger partial charge in [0.25, 0.3) is 0 Å². The van der Waals surface area contributed by atoms with Gasteiger partial charge in [0.05, 0.1) is 6.67 Å². The monoisotopic (exact) mass is 271 g/mol. The summed E-state index contributed by atoms with van der Waals surface area (Å²) in [5, 5.41) is 0.